The van der Waals surface area contributed by atoms with Crippen LogP contribution in [0.2, 0.25) is 0 Å². The summed E-state index contributed by atoms with van der Waals surface area (Å²) in [6.07, 6.45) is 4.08. The molecule has 4 heterocycles. The fraction of sp³-hybridized carbons (Fsp3) is 0.600. The Morgan fingerprint density at radius 2 is 2.14 bits per heavy atom. The van der Waals surface area contributed by atoms with Crippen LogP contribution in [0, 0.1) is 0 Å². The number of anilines is 2. The number of nitrogens with one attached hydrogen (secondary N) is 2. The SMILES string of the molecule is Cl.Cl.Cn1cnnc1CCNc1nccc(N2CCN[C@H]3CS(=O)(=O)C[C@H]32)n1. The third kappa shape index (κ3) is 4.83. The van der Waals surface area contributed by atoms with E-state index in [9.17, 15) is 8.42 Å². The van der Waals surface area contributed by atoms with Gasteiger partial charge in [-0.15, -0.1) is 35.0 Å². The Kier molecular flexibility index (Phi) is 7.43. The summed E-state index contributed by atoms with van der Waals surface area (Å²) in [5.74, 6) is 2.54. The van der Waals surface area contributed by atoms with Crippen LogP contribution < -0.4 is 15.5 Å². The average molecular weight is 451 g/mol. The Morgan fingerprint density at radius 3 is 2.89 bits per heavy atom. The van der Waals surface area contributed by atoms with Gasteiger partial charge < -0.3 is 20.1 Å². The number of halogens is 2. The summed E-state index contributed by atoms with van der Waals surface area (Å²) in [6, 6.07) is 1.73. The normalized spacial score (nSPS) is 22.7. The van der Waals surface area contributed by atoms with E-state index >= 15 is 0 Å². The number of nitrogens with zero attached hydrogens (tertiary/aromatic N) is 6. The number of hydrogen-bond donors (Lipinski definition) is 2. The van der Waals surface area contributed by atoms with Crippen LogP contribution in [0.4, 0.5) is 11.8 Å². The molecule has 0 spiro atoms. The predicted molar refractivity (Wildman–Crippen MR) is 111 cm³/mol. The van der Waals surface area contributed by atoms with E-state index in [0.29, 0.717) is 18.9 Å². The van der Waals surface area contributed by atoms with Crippen LogP contribution in [0.25, 0.3) is 0 Å². The molecule has 0 amide bonds. The minimum absolute atomic E-state index is 0. The number of rotatable bonds is 5. The van der Waals surface area contributed by atoms with Gasteiger partial charge in [0.2, 0.25) is 5.95 Å². The lowest BCUT2D eigenvalue weighted by Crippen LogP contribution is -2.57. The summed E-state index contributed by atoms with van der Waals surface area (Å²) in [6.45, 7) is 2.11. The fourth-order valence-corrected chi connectivity index (χ4v) is 5.52. The molecule has 0 radical (unpaired) electrons. The molecule has 2 saturated heterocycles. The second-order valence-corrected chi connectivity index (χ2v) is 8.83. The van der Waals surface area contributed by atoms with Crippen LogP contribution in [-0.2, 0) is 23.3 Å². The first-order valence-corrected chi connectivity index (χ1v) is 10.4. The van der Waals surface area contributed by atoms with E-state index in [1.54, 1.807) is 12.5 Å². The zero-order valence-corrected chi connectivity index (χ0v) is 17.8. The second-order valence-electron chi connectivity index (χ2n) is 6.67. The van der Waals surface area contributed by atoms with Gasteiger partial charge in [0, 0.05) is 45.3 Å². The van der Waals surface area contributed by atoms with Crippen molar-refractivity contribution in [3.63, 3.8) is 0 Å². The molecule has 156 valence electrons. The van der Waals surface area contributed by atoms with Crippen molar-refractivity contribution in [2.45, 2.75) is 18.5 Å². The standard InChI is InChI=1S/C15H22N8O2S.2ClH/c1-22-10-19-21-14(22)3-5-18-15-17-4-2-13(20-15)23-7-6-16-11-8-26(24,25)9-12(11)23;;/h2,4,10-12,16H,3,5-9H2,1H3,(H,17,18,20);2*1H/t11-,12+;;/m0../s1. The van der Waals surface area contributed by atoms with Crippen LogP contribution in [0.15, 0.2) is 18.6 Å². The largest absolute Gasteiger partial charge is 0.354 e. The van der Waals surface area contributed by atoms with E-state index < -0.39 is 9.84 Å². The maximum atomic E-state index is 12.0. The molecule has 0 unspecified atom stereocenters. The Labute approximate surface area is 176 Å². The van der Waals surface area contributed by atoms with E-state index in [4.69, 9.17) is 0 Å². The van der Waals surface area contributed by atoms with E-state index in [1.165, 1.54) is 0 Å². The van der Waals surface area contributed by atoms with Crippen LogP contribution in [0.1, 0.15) is 5.82 Å². The van der Waals surface area contributed by atoms with Crippen molar-refractivity contribution in [2.75, 3.05) is 41.4 Å². The first-order valence-electron chi connectivity index (χ1n) is 8.62. The Hall–Kier alpha value is -1.69. The van der Waals surface area contributed by atoms with E-state index in [1.807, 2.05) is 17.7 Å². The van der Waals surface area contributed by atoms with Gasteiger partial charge in [-0.1, -0.05) is 0 Å². The van der Waals surface area contributed by atoms with E-state index in [2.05, 4.69) is 35.7 Å². The molecule has 2 atom stereocenters. The Morgan fingerprint density at radius 1 is 1.32 bits per heavy atom. The van der Waals surface area contributed by atoms with Crippen molar-refractivity contribution in [3.8, 4) is 0 Å². The smallest absolute Gasteiger partial charge is 0.224 e. The van der Waals surface area contributed by atoms with Crippen LogP contribution in [0.3, 0.4) is 0 Å². The van der Waals surface area contributed by atoms with E-state index in [0.717, 1.165) is 24.7 Å². The molecular formula is C15H24Cl2N8O2S. The first-order chi connectivity index (χ1) is 12.5. The van der Waals surface area contributed by atoms with Crippen molar-refractivity contribution < 1.29 is 8.42 Å². The zero-order chi connectivity index (χ0) is 18.1. The van der Waals surface area contributed by atoms with Crippen molar-refractivity contribution in [3.05, 3.63) is 24.4 Å². The number of aryl methyl sites for hydroxylation is 1. The van der Waals surface area contributed by atoms with Gasteiger partial charge in [0.05, 0.1) is 17.5 Å². The van der Waals surface area contributed by atoms with Gasteiger partial charge in [0.15, 0.2) is 9.84 Å². The van der Waals surface area contributed by atoms with Crippen molar-refractivity contribution in [1.82, 2.24) is 30.0 Å². The predicted octanol–water partition coefficient (Wildman–Crippen LogP) is -0.321. The minimum atomic E-state index is -3.00. The number of piperazine rings is 1. The highest BCUT2D eigenvalue weighted by Gasteiger charge is 2.43. The molecular weight excluding hydrogens is 427 g/mol. The summed E-state index contributed by atoms with van der Waals surface area (Å²) < 4.78 is 25.9. The molecule has 10 nitrogen and oxygen atoms in total. The van der Waals surface area contributed by atoms with Crippen molar-refractivity contribution >= 4 is 46.4 Å². The molecule has 2 fully saturated rings. The summed E-state index contributed by atoms with van der Waals surface area (Å²) >= 11 is 0. The van der Waals surface area contributed by atoms with Crippen LogP contribution >= 0.6 is 24.8 Å². The summed E-state index contributed by atoms with van der Waals surface area (Å²) in [5.41, 5.74) is 0. The number of aromatic nitrogens is 5. The molecule has 0 aliphatic carbocycles. The molecule has 2 aliphatic heterocycles. The van der Waals surface area contributed by atoms with Crippen molar-refractivity contribution in [1.29, 1.82) is 0 Å². The quantitative estimate of drug-likeness (QED) is 0.631. The third-order valence-corrected chi connectivity index (χ3v) is 6.57. The monoisotopic (exact) mass is 450 g/mol. The number of sulfone groups is 1. The number of fused-ring (bicyclic) bond motifs is 1. The molecule has 2 aliphatic rings. The maximum absolute atomic E-state index is 12.0. The Balaban J connectivity index is 0.00000140. The van der Waals surface area contributed by atoms with Gasteiger partial charge in [-0.05, 0) is 6.07 Å². The summed E-state index contributed by atoms with van der Waals surface area (Å²) in [4.78, 5) is 10.9. The molecule has 2 N–H and O–H groups in total. The average Bonchev–Trinajstić information content (AvgIpc) is 3.16. The highest BCUT2D eigenvalue weighted by molar-refractivity contribution is 7.91. The molecule has 2 aromatic rings. The van der Waals surface area contributed by atoms with E-state index in [-0.39, 0.29) is 48.4 Å². The molecule has 0 bridgehead atoms. The lowest BCUT2D eigenvalue weighted by molar-refractivity contribution is 0.423. The lowest BCUT2D eigenvalue weighted by Gasteiger charge is -2.38. The fourth-order valence-electron chi connectivity index (χ4n) is 3.57. The highest BCUT2D eigenvalue weighted by atomic mass is 35.5. The van der Waals surface area contributed by atoms with Gasteiger partial charge in [0.25, 0.3) is 0 Å². The lowest BCUT2D eigenvalue weighted by atomic mass is 10.1. The number of hydrogen-bond acceptors (Lipinski definition) is 9. The molecule has 13 heteroatoms. The molecule has 0 saturated carbocycles. The minimum Gasteiger partial charge on any atom is -0.354 e. The van der Waals surface area contributed by atoms with Crippen LogP contribution in [0.5, 0.6) is 0 Å². The first kappa shape index (κ1) is 22.6. The molecule has 0 aromatic carbocycles. The second kappa shape index (κ2) is 9.21. The van der Waals surface area contributed by atoms with Gasteiger partial charge >= 0.3 is 0 Å². The van der Waals surface area contributed by atoms with Gasteiger partial charge in [0.1, 0.15) is 18.0 Å². The Bertz CT molecular complexity index is 894. The van der Waals surface area contributed by atoms with Gasteiger partial charge in [-0.25, -0.2) is 13.4 Å². The highest BCUT2D eigenvalue weighted by Crippen LogP contribution is 2.25. The zero-order valence-electron chi connectivity index (χ0n) is 15.4. The van der Waals surface area contributed by atoms with Gasteiger partial charge in [-0.3, -0.25) is 0 Å². The third-order valence-electron chi connectivity index (χ3n) is 4.85. The molecule has 4 rings (SSSR count). The maximum Gasteiger partial charge on any atom is 0.224 e. The summed E-state index contributed by atoms with van der Waals surface area (Å²) in [5, 5.41) is 14.4. The van der Waals surface area contributed by atoms with Gasteiger partial charge in [-0.2, -0.15) is 4.98 Å². The topological polar surface area (TPSA) is 118 Å². The molecule has 28 heavy (non-hydrogen) atoms. The molecule has 2 aromatic heterocycles. The summed E-state index contributed by atoms with van der Waals surface area (Å²) in [7, 11) is -1.10. The van der Waals surface area contributed by atoms with Crippen molar-refractivity contribution in [2.24, 2.45) is 7.05 Å². The van der Waals surface area contributed by atoms with Crippen LogP contribution in [-0.4, -0.2) is 76.4 Å².